The van der Waals surface area contributed by atoms with Crippen molar-refractivity contribution in [1.29, 1.82) is 0 Å². The summed E-state index contributed by atoms with van der Waals surface area (Å²) in [5.41, 5.74) is -1.37. The highest BCUT2D eigenvalue weighted by Gasteiger charge is 2.38. The number of hydrogen-bond acceptors (Lipinski definition) is 3. The van der Waals surface area contributed by atoms with Gasteiger partial charge in [0.2, 0.25) is 0 Å². The minimum atomic E-state index is -4.73. The van der Waals surface area contributed by atoms with E-state index in [0.717, 1.165) is 6.07 Å². The fourth-order valence-corrected chi connectivity index (χ4v) is 1.92. The van der Waals surface area contributed by atoms with Crippen LogP contribution in [-0.4, -0.2) is 17.7 Å². The number of aromatic hydroxyl groups is 1. The zero-order chi connectivity index (χ0) is 14.8. The van der Waals surface area contributed by atoms with Crippen molar-refractivity contribution in [1.82, 2.24) is 0 Å². The van der Waals surface area contributed by atoms with E-state index in [-0.39, 0.29) is 6.61 Å². The van der Waals surface area contributed by atoms with Gasteiger partial charge in [-0.05, 0) is 37.5 Å². The first-order chi connectivity index (χ1) is 8.73. The van der Waals surface area contributed by atoms with E-state index in [1.807, 2.05) is 0 Å². The molecule has 3 nitrogen and oxygen atoms in total. The van der Waals surface area contributed by atoms with E-state index in [4.69, 9.17) is 0 Å². The summed E-state index contributed by atoms with van der Waals surface area (Å²) in [6, 6.07) is 0.866. The van der Waals surface area contributed by atoms with Gasteiger partial charge in [-0.15, -0.1) is 0 Å². The molecule has 0 saturated heterocycles. The molecule has 6 heteroatoms. The van der Waals surface area contributed by atoms with Crippen molar-refractivity contribution >= 4 is 5.97 Å². The molecule has 0 spiro atoms. The van der Waals surface area contributed by atoms with Gasteiger partial charge in [0, 0.05) is 0 Å². The SMILES string of the molecule is CCOC(=O)c1c(C(F)(F)F)cc(C)c(CC)c1O. The molecule has 0 bridgehead atoms. The van der Waals surface area contributed by atoms with Crippen molar-refractivity contribution in [3.63, 3.8) is 0 Å². The second-order valence-corrected chi connectivity index (χ2v) is 4.01. The van der Waals surface area contributed by atoms with Gasteiger partial charge in [-0.1, -0.05) is 6.92 Å². The molecule has 19 heavy (non-hydrogen) atoms. The van der Waals surface area contributed by atoms with E-state index in [9.17, 15) is 23.1 Å². The van der Waals surface area contributed by atoms with Crippen LogP contribution in [0, 0.1) is 6.92 Å². The Balaban J connectivity index is 3.59. The van der Waals surface area contributed by atoms with Crippen molar-refractivity contribution in [2.45, 2.75) is 33.4 Å². The van der Waals surface area contributed by atoms with Gasteiger partial charge >= 0.3 is 12.1 Å². The molecule has 106 valence electrons. The van der Waals surface area contributed by atoms with Crippen molar-refractivity contribution in [3.8, 4) is 5.75 Å². The molecular formula is C13H15F3O3. The maximum absolute atomic E-state index is 12.9. The summed E-state index contributed by atoms with van der Waals surface area (Å²) in [7, 11) is 0. The van der Waals surface area contributed by atoms with Crippen LogP contribution in [0.4, 0.5) is 13.2 Å². The Morgan fingerprint density at radius 2 is 1.95 bits per heavy atom. The van der Waals surface area contributed by atoms with Crippen LogP contribution in [-0.2, 0) is 17.3 Å². The zero-order valence-corrected chi connectivity index (χ0v) is 10.9. The minimum Gasteiger partial charge on any atom is -0.507 e. The molecule has 0 atom stereocenters. The smallest absolute Gasteiger partial charge is 0.417 e. The molecule has 0 aromatic heterocycles. The summed E-state index contributed by atoms with van der Waals surface area (Å²) >= 11 is 0. The Hall–Kier alpha value is -1.72. The van der Waals surface area contributed by atoms with Gasteiger partial charge in [-0.3, -0.25) is 0 Å². The summed E-state index contributed by atoms with van der Waals surface area (Å²) in [6.07, 6.45) is -4.40. The molecule has 0 saturated carbocycles. The van der Waals surface area contributed by atoms with Gasteiger partial charge in [0.15, 0.2) is 0 Å². The van der Waals surface area contributed by atoms with Crippen LogP contribution < -0.4 is 0 Å². The maximum atomic E-state index is 12.9. The second-order valence-electron chi connectivity index (χ2n) is 4.01. The normalized spacial score (nSPS) is 11.5. The van der Waals surface area contributed by atoms with Gasteiger partial charge in [0.1, 0.15) is 11.3 Å². The highest BCUT2D eigenvalue weighted by molar-refractivity contribution is 5.95. The first kappa shape index (κ1) is 15.3. The lowest BCUT2D eigenvalue weighted by Crippen LogP contribution is -2.17. The standard InChI is InChI=1S/C13H15F3O3/c1-4-8-7(3)6-9(13(14,15)16)10(11(8)17)12(18)19-5-2/h6,17H,4-5H2,1-3H3. The Morgan fingerprint density at radius 1 is 1.37 bits per heavy atom. The lowest BCUT2D eigenvalue weighted by molar-refractivity contribution is -0.138. The highest BCUT2D eigenvalue weighted by atomic mass is 19.4. The quantitative estimate of drug-likeness (QED) is 0.860. The topological polar surface area (TPSA) is 46.5 Å². The maximum Gasteiger partial charge on any atom is 0.417 e. The molecule has 1 aromatic carbocycles. The molecule has 0 unspecified atom stereocenters. The number of hydrogen-bond donors (Lipinski definition) is 1. The number of aryl methyl sites for hydroxylation is 1. The zero-order valence-electron chi connectivity index (χ0n) is 10.9. The first-order valence-corrected chi connectivity index (χ1v) is 5.83. The van der Waals surface area contributed by atoms with Gasteiger partial charge in [0.05, 0.1) is 12.2 Å². The van der Waals surface area contributed by atoms with Crippen LogP contribution in [0.5, 0.6) is 5.75 Å². The predicted molar refractivity (Wildman–Crippen MR) is 63.2 cm³/mol. The number of ether oxygens (including phenoxy) is 1. The predicted octanol–water partition coefficient (Wildman–Crippen LogP) is 3.46. The minimum absolute atomic E-state index is 0.0646. The average Bonchev–Trinajstić information content (AvgIpc) is 2.27. The molecule has 0 aliphatic carbocycles. The second kappa shape index (κ2) is 5.50. The molecule has 1 aromatic rings. The van der Waals surface area contributed by atoms with Gasteiger partial charge in [-0.25, -0.2) is 4.79 Å². The lowest BCUT2D eigenvalue weighted by Gasteiger charge is -2.17. The first-order valence-electron chi connectivity index (χ1n) is 5.83. The number of alkyl halides is 3. The summed E-state index contributed by atoms with van der Waals surface area (Å²) < 4.78 is 43.4. The molecule has 1 N–H and O–H groups in total. The summed E-state index contributed by atoms with van der Waals surface area (Å²) in [5, 5.41) is 9.91. The number of carbonyl (C=O) groups excluding carboxylic acids is 1. The number of carbonyl (C=O) groups is 1. The van der Waals surface area contributed by atoms with Crippen LogP contribution in [0.25, 0.3) is 0 Å². The fourth-order valence-electron chi connectivity index (χ4n) is 1.92. The van der Waals surface area contributed by atoms with E-state index in [0.29, 0.717) is 17.5 Å². The van der Waals surface area contributed by atoms with E-state index < -0.39 is 29.0 Å². The van der Waals surface area contributed by atoms with E-state index in [1.165, 1.54) is 13.8 Å². The Bertz CT molecular complexity index is 493. The molecule has 0 fully saturated rings. The molecule has 0 aliphatic heterocycles. The summed E-state index contributed by atoms with van der Waals surface area (Å²) in [4.78, 5) is 11.6. The van der Waals surface area contributed by atoms with Crippen molar-refractivity contribution < 1.29 is 27.8 Å². The fraction of sp³-hybridized carbons (Fsp3) is 0.462. The number of esters is 1. The van der Waals surface area contributed by atoms with Crippen LogP contribution in [0.2, 0.25) is 0 Å². The van der Waals surface area contributed by atoms with Crippen molar-refractivity contribution in [3.05, 3.63) is 28.3 Å². The molecule has 0 amide bonds. The third kappa shape index (κ3) is 3.00. The van der Waals surface area contributed by atoms with E-state index in [2.05, 4.69) is 4.74 Å². The van der Waals surface area contributed by atoms with E-state index in [1.54, 1.807) is 6.92 Å². The number of benzene rings is 1. The third-order valence-corrected chi connectivity index (χ3v) is 2.77. The largest absolute Gasteiger partial charge is 0.507 e. The van der Waals surface area contributed by atoms with Crippen LogP contribution in [0.3, 0.4) is 0 Å². The molecular weight excluding hydrogens is 261 g/mol. The molecule has 0 heterocycles. The number of phenolic OH excluding ortho intramolecular Hbond substituents is 1. The monoisotopic (exact) mass is 276 g/mol. The van der Waals surface area contributed by atoms with Crippen molar-refractivity contribution in [2.24, 2.45) is 0 Å². The summed E-state index contributed by atoms with van der Waals surface area (Å²) in [5.74, 6) is -1.81. The van der Waals surface area contributed by atoms with Gasteiger partial charge in [-0.2, -0.15) is 13.2 Å². The van der Waals surface area contributed by atoms with Crippen LogP contribution >= 0.6 is 0 Å². The summed E-state index contributed by atoms with van der Waals surface area (Å²) in [6.45, 7) is 4.56. The molecule has 0 radical (unpaired) electrons. The molecule has 1 rings (SSSR count). The van der Waals surface area contributed by atoms with E-state index >= 15 is 0 Å². The Labute approximate surface area is 109 Å². The number of phenols is 1. The third-order valence-electron chi connectivity index (χ3n) is 2.77. The van der Waals surface area contributed by atoms with Crippen molar-refractivity contribution in [2.75, 3.05) is 6.61 Å². The molecule has 0 aliphatic rings. The number of rotatable bonds is 3. The highest BCUT2D eigenvalue weighted by Crippen LogP contribution is 2.39. The number of halogens is 3. The van der Waals surface area contributed by atoms with Gasteiger partial charge < -0.3 is 9.84 Å². The average molecular weight is 276 g/mol. The van der Waals surface area contributed by atoms with Gasteiger partial charge in [0.25, 0.3) is 0 Å². The lowest BCUT2D eigenvalue weighted by atomic mass is 9.95. The van der Waals surface area contributed by atoms with Crippen LogP contribution in [0.15, 0.2) is 6.07 Å². The Morgan fingerprint density at radius 3 is 2.37 bits per heavy atom. The van der Waals surface area contributed by atoms with Crippen LogP contribution in [0.1, 0.15) is 40.9 Å². The Kier molecular flexibility index (Phi) is 4.44.